The normalized spacial score (nSPS) is 10.7. The predicted octanol–water partition coefficient (Wildman–Crippen LogP) is 2.28. The van der Waals surface area contributed by atoms with Crippen molar-refractivity contribution in [3.05, 3.63) is 83.9 Å². The molecule has 0 aliphatic heterocycles. The minimum Gasteiger partial charge on any atom is -0.507 e. The van der Waals surface area contributed by atoms with Gasteiger partial charge in [0.2, 0.25) is 0 Å². The van der Waals surface area contributed by atoms with Gasteiger partial charge < -0.3 is 9.84 Å². The first-order valence-electron chi connectivity index (χ1n) is 8.96. The van der Waals surface area contributed by atoms with E-state index in [-0.39, 0.29) is 27.5 Å². The minimum atomic E-state index is -3.98. The number of anilines is 1. The van der Waals surface area contributed by atoms with E-state index in [4.69, 9.17) is 4.74 Å². The van der Waals surface area contributed by atoms with Gasteiger partial charge in [0.15, 0.2) is 0 Å². The van der Waals surface area contributed by atoms with Crippen LogP contribution in [0.2, 0.25) is 0 Å². The third kappa shape index (κ3) is 5.11. The van der Waals surface area contributed by atoms with E-state index in [9.17, 15) is 23.1 Å². The number of hydrogen-bond donors (Lipinski definition) is 4. The number of benzene rings is 3. The molecule has 10 heteroatoms. The lowest BCUT2D eigenvalue weighted by molar-refractivity contribution is 0.0845. The Morgan fingerprint density at radius 3 is 1.97 bits per heavy atom. The van der Waals surface area contributed by atoms with Crippen molar-refractivity contribution in [3.63, 3.8) is 0 Å². The smallest absolute Gasteiger partial charge is 0.273 e. The maximum Gasteiger partial charge on any atom is 0.273 e. The number of methoxy groups -OCH3 is 1. The molecule has 0 heterocycles. The Morgan fingerprint density at radius 2 is 1.35 bits per heavy atom. The molecule has 0 aliphatic carbocycles. The Hall–Kier alpha value is -4.05. The number of sulfonamides is 1. The second kappa shape index (κ2) is 9.18. The lowest BCUT2D eigenvalue weighted by atomic mass is 10.2. The van der Waals surface area contributed by atoms with Gasteiger partial charge in [-0.1, -0.05) is 24.3 Å². The van der Waals surface area contributed by atoms with Gasteiger partial charge in [0.1, 0.15) is 11.5 Å². The first-order valence-corrected chi connectivity index (χ1v) is 10.4. The van der Waals surface area contributed by atoms with Gasteiger partial charge in [-0.05, 0) is 48.5 Å². The molecule has 160 valence electrons. The van der Waals surface area contributed by atoms with E-state index in [1.165, 1.54) is 55.6 Å². The van der Waals surface area contributed by atoms with Crippen LogP contribution < -0.4 is 20.3 Å². The number of carbonyl (C=O) groups excluding carboxylic acids is 2. The fourth-order valence-electron chi connectivity index (χ4n) is 2.64. The number of rotatable bonds is 6. The molecule has 3 aromatic rings. The van der Waals surface area contributed by atoms with Crippen LogP contribution in [0.3, 0.4) is 0 Å². The zero-order valence-corrected chi connectivity index (χ0v) is 17.1. The average Bonchev–Trinajstić information content (AvgIpc) is 2.77. The molecule has 3 aromatic carbocycles. The Kier molecular flexibility index (Phi) is 6.41. The molecular weight excluding hydrogens is 422 g/mol. The minimum absolute atomic E-state index is 0.0165. The van der Waals surface area contributed by atoms with Crippen LogP contribution in [0.1, 0.15) is 20.7 Å². The number of aromatic hydroxyl groups is 1. The number of ether oxygens (including phenoxy) is 1. The molecule has 9 nitrogen and oxygen atoms in total. The van der Waals surface area contributed by atoms with Crippen molar-refractivity contribution >= 4 is 27.5 Å². The van der Waals surface area contributed by atoms with Gasteiger partial charge >= 0.3 is 0 Å². The molecule has 0 saturated heterocycles. The molecule has 31 heavy (non-hydrogen) atoms. The van der Waals surface area contributed by atoms with E-state index in [0.29, 0.717) is 5.75 Å². The highest BCUT2D eigenvalue weighted by atomic mass is 32.2. The maximum absolute atomic E-state index is 12.7. The van der Waals surface area contributed by atoms with E-state index in [2.05, 4.69) is 15.6 Å². The third-order valence-electron chi connectivity index (χ3n) is 4.22. The molecule has 0 radical (unpaired) electrons. The van der Waals surface area contributed by atoms with E-state index in [0.717, 1.165) is 0 Å². The third-order valence-corrected chi connectivity index (χ3v) is 5.61. The van der Waals surface area contributed by atoms with Gasteiger partial charge in [0.25, 0.3) is 21.8 Å². The topological polar surface area (TPSA) is 134 Å². The summed E-state index contributed by atoms with van der Waals surface area (Å²) in [4.78, 5) is 24.7. The number of amides is 2. The van der Waals surface area contributed by atoms with Crippen molar-refractivity contribution in [2.75, 3.05) is 11.8 Å². The molecule has 0 atom stereocenters. The lowest BCUT2D eigenvalue weighted by Gasteiger charge is -2.13. The Bertz CT molecular complexity index is 1210. The summed E-state index contributed by atoms with van der Waals surface area (Å²) in [7, 11) is -2.51. The Balaban J connectivity index is 1.75. The molecular formula is C21H19N3O6S. The molecule has 0 spiro atoms. The summed E-state index contributed by atoms with van der Waals surface area (Å²) in [5.41, 5.74) is 4.36. The monoisotopic (exact) mass is 441 g/mol. The molecule has 0 unspecified atom stereocenters. The molecule has 4 N–H and O–H groups in total. The van der Waals surface area contributed by atoms with E-state index in [1.807, 2.05) is 0 Å². The number of phenolic OH excluding ortho intramolecular Hbond substituents is 1. The largest absolute Gasteiger partial charge is 0.507 e. The quantitative estimate of drug-likeness (QED) is 0.434. The summed E-state index contributed by atoms with van der Waals surface area (Å²) in [5.74, 6) is -1.24. The van der Waals surface area contributed by atoms with Gasteiger partial charge in [-0.3, -0.25) is 25.2 Å². The summed E-state index contributed by atoms with van der Waals surface area (Å²) in [5, 5.41) is 9.72. The highest BCUT2D eigenvalue weighted by Crippen LogP contribution is 2.22. The molecule has 2 amide bonds. The van der Waals surface area contributed by atoms with E-state index >= 15 is 0 Å². The summed E-state index contributed by atoms with van der Waals surface area (Å²) in [6.45, 7) is 0. The van der Waals surface area contributed by atoms with Gasteiger partial charge in [-0.2, -0.15) is 0 Å². The van der Waals surface area contributed by atoms with Crippen LogP contribution in [0.25, 0.3) is 0 Å². The highest BCUT2D eigenvalue weighted by molar-refractivity contribution is 7.92. The van der Waals surface area contributed by atoms with Gasteiger partial charge in [0, 0.05) is 0 Å². The van der Waals surface area contributed by atoms with E-state index in [1.54, 1.807) is 24.3 Å². The second-order valence-electron chi connectivity index (χ2n) is 6.25. The van der Waals surface area contributed by atoms with Crippen molar-refractivity contribution in [2.24, 2.45) is 0 Å². The summed E-state index contributed by atoms with van der Waals surface area (Å²) < 4.78 is 32.8. The van der Waals surface area contributed by atoms with Crippen LogP contribution in [0.5, 0.6) is 11.5 Å². The molecule has 0 bridgehead atoms. The van der Waals surface area contributed by atoms with Crippen LogP contribution >= 0.6 is 0 Å². The number of hydrazine groups is 1. The number of para-hydroxylation sites is 2. The summed E-state index contributed by atoms with van der Waals surface area (Å²) >= 11 is 0. The molecule has 0 saturated carbocycles. The van der Waals surface area contributed by atoms with Crippen LogP contribution in [0.15, 0.2) is 77.7 Å². The van der Waals surface area contributed by atoms with Gasteiger partial charge in [0.05, 0.1) is 28.8 Å². The van der Waals surface area contributed by atoms with Crippen LogP contribution in [-0.2, 0) is 10.0 Å². The second-order valence-corrected chi connectivity index (χ2v) is 7.93. The van der Waals surface area contributed by atoms with E-state index < -0.39 is 21.8 Å². The zero-order valence-electron chi connectivity index (χ0n) is 16.3. The molecule has 3 rings (SSSR count). The predicted molar refractivity (Wildman–Crippen MR) is 113 cm³/mol. The van der Waals surface area contributed by atoms with Crippen molar-refractivity contribution in [3.8, 4) is 11.5 Å². The SMILES string of the molecule is COc1ccc(S(=O)(=O)Nc2ccccc2C(=O)NNC(=O)c2ccccc2O)cc1. The fraction of sp³-hybridized carbons (Fsp3) is 0.0476. The average molecular weight is 441 g/mol. The maximum atomic E-state index is 12.7. The number of carbonyl (C=O) groups is 2. The van der Waals surface area contributed by atoms with Gasteiger partial charge in [-0.15, -0.1) is 0 Å². The first kappa shape index (κ1) is 21.7. The number of nitrogens with one attached hydrogen (secondary N) is 3. The summed E-state index contributed by atoms with van der Waals surface area (Å²) in [6.07, 6.45) is 0. The van der Waals surface area contributed by atoms with Crippen molar-refractivity contribution in [1.82, 2.24) is 10.9 Å². The van der Waals surface area contributed by atoms with Crippen LogP contribution in [-0.4, -0.2) is 32.4 Å². The first-order chi connectivity index (χ1) is 14.8. The number of phenols is 1. The fourth-order valence-corrected chi connectivity index (χ4v) is 3.72. The zero-order chi connectivity index (χ0) is 22.4. The van der Waals surface area contributed by atoms with Crippen molar-refractivity contribution in [2.45, 2.75) is 4.90 Å². The Morgan fingerprint density at radius 1 is 0.806 bits per heavy atom. The summed E-state index contributed by atoms with van der Waals surface area (Å²) in [6, 6.07) is 17.5. The standard InChI is InChI=1S/C21H19N3O6S/c1-30-14-10-12-15(13-11-14)31(28,29)24-18-8-4-2-6-16(18)20(26)22-23-21(27)17-7-3-5-9-19(17)25/h2-13,24-25H,1H3,(H,22,26)(H,23,27). The molecule has 0 aromatic heterocycles. The molecule has 0 fully saturated rings. The van der Waals surface area contributed by atoms with Crippen molar-refractivity contribution in [1.29, 1.82) is 0 Å². The number of hydrogen-bond acceptors (Lipinski definition) is 6. The Labute approximate surface area is 178 Å². The molecule has 0 aliphatic rings. The lowest BCUT2D eigenvalue weighted by Crippen LogP contribution is -2.41. The van der Waals surface area contributed by atoms with Crippen LogP contribution in [0.4, 0.5) is 5.69 Å². The van der Waals surface area contributed by atoms with Crippen LogP contribution in [0, 0.1) is 0 Å². The van der Waals surface area contributed by atoms with Gasteiger partial charge in [-0.25, -0.2) is 8.42 Å². The highest BCUT2D eigenvalue weighted by Gasteiger charge is 2.19. The van der Waals surface area contributed by atoms with Crippen molar-refractivity contribution < 1.29 is 27.9 Å².